The van der Waals surface area contributed by atoms with Crippen molar-refractivity contribution in [1.82, 2.24) is 15.5 Å². The van der Waals surface area contributed by atoms with Crippen LogP contribution in [0.4, 0.5) is 22.0 Å². The SMILES string of the molecule is CCNC(=NCc1cc(Cl)ccc1OC(F)F)NCC(=O)N(C)CC(F)(F)F. The Balaban J connectivity index is 2.80. The van der Waals surface area contributed by atoms with Crippen LogP contribution in [0.3, 0.4) is 0 Å². The van der Waals surface area contributed by atoms with Gasteiger partial charge in [-0.25, -0.2) is 4.99 Å². The van der Waals surface area contributed by atoms with Gasteiger partial charge >= 0.3 is 12.8 Å². The summed E-state index contributed by atoms with van der Waals surface area (Å²) in [6, 6.07) is 4.05. The Kier molecular flexibility index (Phi) is 9.23. The van der Waals surface area contributed by atoms with Crippen LogP contribution in [-0.2, 0) is 11.3 Å². The molecule has 0 aliphatic carbocycles. The van der Waals surface area contributed by atoms with Gasteiger partial charge in [0, 0.05) is 24.2 Å². The third-order valence-corrected chi connectivity index (χ3v) is 3.47. The Hall–Kier alpha value is -2.30. The monoisotopic (exact) mass is 430 g/mol. The third kappa shape index (κ3) is 9.07. The Bertz CT molecular complexity index is 685. The number of amides is 1. The van der Waals surface area contributed by atoms with E-state index in [2.05, 4.69) is 20.4 Å². The molecule has 0 spiro atoms. The van der Waals surface area contributed by atoms with E-state index in [9.17, 15) is 26.7 Å². The van der Waals surface area contributed by atoms with Crippen LogP contribution < -0.4 is 15.4 Å². The van der Waals surface area contributed by atoms with E-state index in [0.29, 0.717) is 11.4 Å². The molecule has 158 valence electrons. The summed E-state index contributed by atoms with van der Waals surface area (Å²) in [5.41, 5.74) is 0.269. The van der Waals surface area contributed by atoms with E-state index in [1.54, 1.807) is 6.92 Å². The highest BCUT2D eigenvalue weighted by molar-refractivity contribution is 6.30. The fourth-order valence-electron chi connectivity index (χ4n) is 2.04. The number of rotatable bonds is 8. The van der Waals surface area contributed by atoms with Gasteiger partial charge in [-0.1, -0.05) is 11.6 Å². The van der Waals surface area contributed by atoms with Gasteiger partial charge in [-0.3, -0.25) is 4.79 Å². The molecular formula is C16H20ClF5N4O2. The van der Waals surface area contributed by atoms with Crippen LogP contribution in [0.5, 0.6) is 5.75 Å². The topological polar surface area (TPSA) is 66.0 Å². The van der Waals surface area contributed by atoms with E-state index in [-0.39, 0.29) is 28.8 Å². The van der Waals surface area contributed by atoms with Gasteiger partial charge in [-0.15, -0.1) is 0 Å². The molecule has 0 unspecified atom stereocenters. The van der Waals surface area contributed by atoms with Crippen molar-refractivity contribution in [2.24, 2.45) is 4.99 Å². The molecule has 6 nitrogen and oxygen atoms in total. The number of nitrogens with one attached hydrogen (secondary N) is 2. The Morgan fingerprint density at radius 2 is 2.00 bits per heavy atom. The maximum absolute atomic E-state index is 12.5. The molecule has 0 aliphatic rings. The number of aliphatic imine (C=N–C) groups is 1. The zero-order valence-electron chi connectivity index (χ0n) is 15.1. The van der Waals surface area contributed by atoms with Gasteiger partial charge in [-0.05, 0) is 25.1 Å². The van der Waals surface area contributed by atoms with E-state index in [0.717, 1.165) is 7.05 Å². The molecule has 0 atom stereocenters. The standard InChI is InChI=1S/C16H20ClF5N4O2/c1-3-23-15(25-8-13(27)26(2)9-16(20,21)22)24-7-10-6-11(17)4-5-12(10)28-14(18)19/h4-6,14H,3,7-9H2,1-2H3,(H2,23,24,25). The molecule has 0 radical (unpaired) electrons. The maximum Gasteiger partial charge on any atom is 0.406 e. The second-order valence-corrected chi connectivity index (χ2v) is 5.98. The second-order valence-electron chi connectivity index (χ2n) is 5.54. The summed E-state index contributed by atoms with van der Waals surface area (Å²) in [5, 5.41) is 5.67. The fourth-order valence-corrected chi connectivity index (χ4v) is 2.23. The van der Waals surface area contributed by atoms with Crippen molar-refractivity contribution in [2.75, 3.05) is 26.7 Å². The van der Waals surface area contributed by atoms with E-state index >= 15 is 0 Å². The van der Waals surface area contributed by atoms with Crippen LogP contribution in [0.2, 0.25) is 5.02 Å². The van der Waals surface area contributed by atoms with Gasteiger partial charge in [0.05, 0.1) is 13.1 Å². The summed E-state index contributed by atoms with van der Waals surface area (Å²) >= 11 is 5.86. The number of ether oxygens (including phenoxy) is 1. The summed E-state index contributed by atoms with van der Waals surface area (Å²) in [5.74, 6) is -0.799. The normalized spacial score (nSPS) is 12.1. The second kappa shape index (κ2) is 10.9. The molecule has 1 aromatic rings. The Morgan fingerprint density at radius 3 is 2.57 bits per heavy atom. The number of hydrogen-bond donors (Lipinski definition) is 2. The largest absolute Gasteiger partial charge is 0.434 e. The Labute approximate surface area is 163 Å². The number of nitrogens with zero attached hydrogens (tertiary/aromatic N) is 2. The van der Waals surface area contributed by atoms with Crippen molar-refractivity contribution in [1.29, 1.82) is 0 Å². The van der Waals surface area contributed by atoms with Crippen molar-refractivity contribution in [3.63, 3.8) is 0 Å². The van der Waals surface area contributed by atoms with Crippen LogP contribution in [0, 0.1) is 0 Å². The molecule has 28 heavy (non-hydrogen) atoms. The smallest absolute Gasteiger partial charge is 0.406 e. The molecule has 0 bridgehead atoms. The first kappa shape index (κ1) is 23.7. The van der Waals surface area contributed by atoms with E-state index in [1.807, 2.05) is 0 Å². The highest BCUT2D eigenvalue weighted by atomic mass is 35.5. The Morgan fingerprint density at radius 1 is 1.32 bits per heavy atom. The molecule has 0 aliphatic heterocycles. The summed E-state index contributed by atoms with van der Waals surface area (Å²) in [6.07, 6.45) is -4.50. The quantitative estimate of drug-likeness (QED) is 0.378. The minimum Gasteiger partial charge on any atom is -0.434 e. The summed E-state index contributed by atoms with van der Waals surface area (Å²) in [7, 11) is 1.03. The zero-order chi connectivity index (χ0) is 21.3. The first-order chi connectivity index (χ1) is 13.0. The highest BCUT2D eigenvalue weighted by Crippen LogP contribution is 2.25. The molecule has 0 saturated heterocycles. The molecule has 0 aromatic heterocycles. The predicted molar refractivity (Wildman–Crippen MR) is 94.6 cm³/mol. The number of halogens is 6. The van der Waals surface area contributed by atoms with Gasteiger partial charge in [0.1, 0.15) is 12.3 Å². The number of guanidine groups is 1. The van der Waals surface area contributed by atoms with E-state index < -0.39 is 31.8 Å². The van der Waals surface area contributed by atoms with Crippen LogP contribution >= 0.6 is 11.6 Å². The molecule has 0 fully saturated rings. The average molecular weight is 431 g/mol. The van der Waals surface area contributed by atoms with Gasteiger partial charge in [0.15, 0.2) is 5.96 Å². The summed E-state index contributed by atoms with van der Waals surface area (Å²) in [6.45, 7) is -2.83. The number of hydrogen-bond acceptors (Lipinski definition) is 3. The molecule has 12 heteroatoms. The maximum atomic E-state index is 12.5. The van der Waals surface area contributed by atoms with Gasteiger partial charge in [-0.2, -0.15) is 22.0 Å². The first-order valence-electron chi connectivity index (χ1n) is 8.08. The lowest BCUT2D eigenvalue weighted by Crippen LogP contribution is -2.45. The van der Waals surface area contributed by atoms with Crippen LogP contribution in [0.25, 0.3) is 0 Å². The van der Waals surface area contributed by atoms with Crippen molar-refractivity contribution in [3.05, 3.63) is 28.8 Å². The van der Waals surface area contributed by atoms with Crippen LogP contribution in [0.15, 0.2) is 23.2 Å². The fraction of sp³-hybridized carbons (Fsp3) is 0.500. The molecule has 1 aromatic carbocycles. The van der Waals surface area contributed by atoms with Crippen LogP contribution in [-0.4, -0.2) is 56.2 Å². The minimum absolute atomic E-state index is 0.110. The molecule has 1 rings (SSSR count). The highest BCUT2D eigenvalue weighted by Gasteiger charge is 2.31. The average Bonchev–Trinajstić information content (AvgIpc) is 2.57. The predicted octanol–water partition coefficient (Wildman–Crippen LogP) is 3.02. The van der Waals surface area contributed by atoms with Gasteiger partial charge in [0.25, 0.3) is 0 Å². The number of carbonyl (C=O) groups is 1. The minimum atomic E-state index is -4.50. The van der Waals surface area contributed by atoms with Crippen molar-refractivity contribution < 1.29 is 31.5 Å². The third-order valence-electron chi connectivity index (χ3n) is 3.24. The molecular weight excluding hydrogens is 411 g/mol. The lowest BCUT2D eigenvalue weighted by Gasteiger charge is -2.20. The summed E-state index contributed by atoms with van der Waals surface area (Å²) < 4.78 is 66.4. The molecule has 0 heterocycles. The number of benzene rings is 1. The summed E-state index contributed by atoms with van der Waals surface area (Å²) in [4.78, 5) is 16.4. The van der Waals surface area contributed by atoms with Crippen molar-refractivity contribution in [2.45, 2.75) is 26.3 Å². The first-order valence-corrected chi connectivity index (χ1v) is 8.45. The van der Waals surface area contributed by atoms with E-state index in [4.69, 9.17) is 11.6 Å². The number of likely N-dealkylation sites (N-methyl/N-ethyl adjacent to an activating group) is 1. The lowest BCUT2D eigenvalue weighted by atomic mass is 10.2. The van der Waals surface area contributed by atoms with E-state index in [1.165, 1.54) is 18.2 Å². The zero-order valence-corrected chi connectivity index (χ0v) is 15.9. The lowest BCUT2D eigenvalue weighted by molar-refractivity contribution is -0.157. The van der Waals surface area contributed by atoms with Crippen molar-refractivity contribution in [3.8, 4) is 5.75 Å². The molecule has 1 amide bonds. The molecule has 0 saturated carbocycles. The van der Waals surface area contributed by atoms with Crippen molar-refractivity contribution >= 4 is 23.5 Å². The number of alkyl halides is 5. The molecule has 2 N–H and O–H groups in total. The number of carbonyl (C=O) groups excluding carboxylic acids is 1. The van der Waals surface area contributed by atoms with Gasteiger partial charge < -0.3 is 20.3 Å². The van der Waals surface area contributed by atoms with Gasteiger partial charge in [0.2, 0.25) is 5.91 Å². The van der Waals surface area contributed by atoms with Crippen LogP contribution in [0.1, 0.15) is 12.5 Å².